The van der Waals surface area contributed by atoms with E-state index in [9.17, 15) is 31.2 Å². The molecular formula is C27H26F3N3O4S. The lowest BCUT2D eigenvalue weighted by atomic mass is 10.1. The van der Waals surface area contributed by atoms with Crippen molar-refractivity contribution in [2.24, 2.45) is 0 Å². The maximum absolute atomic E-state index is 13.9. The number of rotatable bonds is 6. The van der Waals surface area contributed by atoms with Crippen molar-refractivity contribution in [3.8, 4) is 11.1 Å². The number of carbonyl (C=O) groups is 2. The summed E-state index contributed by atoms with van der Waals surface area (Å²) in [5.74, 6) is -0.955. The van der Waals surface area contributed by atoms with Crippen LogP contribution in [0.15, 0.2) is 83.8 Å². The highest BCUT2D eigenvalue weighted by atomic mass is 32.2. The fraction of sp³-hybridized carbons (Fsp3) is 0.259. The van der Waals surface area contributed by atoms with E-state index in [-0.39, 0.29) is 37.0 Å². The molecule has 4 rings (SSSR count). The van der Waals surface area contributed by atoms with E-state index >= 15 is 0 Å². The lowest BCUT2D eigenvalue weighted by Crippen LogP contribution is -2.61. The molecule has 200 valence electrons. The van der Waals surface area contributed by atoms with Gasteiger partial charge in [-0.25, -0.2) is 8.42 Å². The van der Waals surface area contributed by atoms with Crippen LogP contribution >= 0.6 is 0 Å². The topological polar surface area (TPSA) is 86.8 Å². The lowest BCUT2D eigenvalue weighted by Gasteiger charge is -2.39. The number of benzene rings is 3. The zero-order chi connectivity index (χ0) is 27.5. The van der Waals surface area contributed by atoms with Gasteiger partial charge in [-0.1, -0.05) is 60.7 Å². The van der Waals surface area contributed by atoms with Crippen molar-refractivity contribution < 1.29 is 31.2 Å². The Bertz CT molecular complexity index is 1410. The predicted octanol–water partition coefficient (Wildman–Crippen LogP) is 3.91. The van der Waals surface area contributed by atoms with Crippen LogP contribution < -0.4 is 5.32 Å². The van der Waals surface area contributed by atoms with Crippen LogP contribution in [0.4, 0.5) is 13.2 Å². The van der Waals surface area contributed by atoms with Gasteiger partial charge >= 0.3 is 6.18 Å². The number of sulfonamides is 1. The zero-order valence-electron chi connectivity index (χ0n) is 20.5. The summed E-state index contributed by atoms with van der Waals surface area (Å²) in [6, 6.07) is 18.6. The Labute approximate surface area is 218 Å². The number of hydrogen-bond acceptors (Lipinski definition) is 4. The van der Waals surface area contributed by atoms with Crippen molar-refractivity contribution >= 4 is 21.8 Å². The maximum Gasteiger partial charge on any atom is 0.416 e. The van der Waals surface area contributed by atoms with E-state index in [1.807, 2.05) is 6.07 Å². The van der Waals surface area contributed by atoms with Crippen molar-refractivity contribution in [1.29, 1.82) is 0 Å². The first kappa shape index (κ1) is 27.3. The zero-order valence-corrected chi connectivity index (χ0v) is 21.3. The molecule has 1 unspecified atom stereocenters. The van der Waals surface area contributed by atoms with Crippen molar-refractivity contribution in [1.82, 2.24) is 14.5 Å². The summed E-state index contributed by atoms with van der Waals surface area (Å²) in [4.78, 5) is 26.8. The van der Waals surface area contributed by atoms with E-state index in [0.717, 1.165) is 16.4 Å². The van der Waals surface area contributed by atoms with Crippen LogP contribution in [0, 0.1) is 0 Å². The van der Waals surface area contributed by atoms with E-state index < -0.39 is 33.7 Å². The molecule has 11 heteroatoms. The number of carbonyl (C=O) groups excluding carboxylic acids is 2. The van der Waals surface area contributed by atoms with Gasteiger partial charge in [-0.05, 0) is 29.3 Å². The van der Waals surface area contributed by atoms with E-state index in [1.54, 1.807) is 42.5 Å². The summed E-state index contributed by atoms with van der Waals surface area (Å²) in [6.07, 6.45) is -4.48. The summed E-state index contributed by atoms with van der Waals surface area (Å²) in [5.41, 5.74) is 0.768. The standard InChI is InChI=1S/C27H26F3N3O4S/c1-19(34)32-15-16-33(38(36,37)25-10-6-5-9-23(25)21-7-3-2-4-8-21)24(18-32)26(35)31-17-20-11-13-22(14-12-20)27(28,29)30/h2-14,24H,15-18H2,1H3,(H,31,35). The molecule has 38 heavy (non-hydrogen) atoms. The van der Waals surface area contributed by atoms with Gasteiger partial charge in [0.1, 0.15) is 6.04 Å². The molecule has 0 spiro atoms. The van der Waals surface area contributed by atoms with Crippen LogP contribution in [-0.4, -0.2) is 55.1 Å². The Kier molecular flexibility index (Phi) is 7.89. The van der Waals surface area contributed by atoms with Gasteiger partial charge in [0.2, 0.25) is 21.8 Å². The van der Waals surface area contributed by atoms with Crippen LogP contribution in [0.3, 0.4) is 0 Å². The molecule has 7 nitrogen and oxygen atoms in total. The minimum absolute atomic E-state index is 0.0306. The number of amides is 2. The highest BCUT2D eigenvalue weighted by Gasteiger charge is 2.41. The highest BCUT2D eigenvalue weighted by Crippen LogP contribution is 2.32. The normalized spacial score (nSPS) is 16.7. The van der Waals surface area contributed by atoms with E-state index in [2.05, 4.69) is 5.32 Å². The molecule has 3 aromatic rings. The van der Waals surface area contributed by atoms with Crippen LogP contribution in [0.5, 0.6) is 0 Å². The first-order valence-corrected chi connectivity index (χ1v) is 13.3. The number of piperazine rings is 1. The molecule has 1 aliphatic heterocycles. The first-order valence-electron chi connectivity index (χ1n) is 11.8. The molecule has 3 aromatic carbocycles. The fourth-order valence-electron chi connectivity index (χ4n) is 4.35. The quantitative estimate of drug-likeness (QED) is 0.509. The molecule has 0 aliphatic carbocycles. The fourth-order valence-corrected chi connectivity index (χ4v) is 6.13. The monoisotopic (exact) mass is 545 g/mol. The molecular weight excluding hydrogens is 519 g/mol. The first-order chi connectivity index (χ1) is 18.0. The maximum atomic E-state index is 13.9. The number of hydrogen-bond donors (Lipinski definition) is 1. The molecule has 1 atom stereocenters. The molecule has 1 saturated heterocycles. The number of nitrogens with one attached hydrogen (secondary N) is 1. The second-order valence-electron chi connectivity index (χ2n) is 8.87. The van der Waals surface area contributed by atoms with Crippen LogP contribution in [0.1, 0.15) is 18.1 Å². The van der Waals surface area contributed by atoms with Gasteiger partial charge in [-0.3, -0.25) is 9.59 Å². The van der Waals surface area contributed by atoms with Crippen molar-refractivity contribution in [2.75, 3.05) is 19.6 Å². The van der Waals surface area contributed by atoms with Gasteiger partial charge in [0.05, 0.1) is 10.5 Å². The largest absolute Gasteiger partial charge is 0.416 e. The Hall–Kier alpha value is -3.70. The molecule has 0 aromatic heterocycles. The average molecular weight is 546 g/mol. The van der Waals surface area contributed by atoms with Gasteiger partial charge in [0.15, 0.2) is 0 Å². The lowest BCUT2D eigenvalue weighted by molar-refractivity contribution is -0.138. The predicted molar refractivity (Wildman–Crippen MR) is 135 cm³/mol. The van der Waals surface area contributed by atoms with Crippen molar-refractivity contribution in [3.05, 3.63) is 90.0 Å². The van der Waals surface area contributed by atoms with Crippen molar-refractivity contribution in [3.63, 3.8) is 0 Å². The minimum atomic E-state index is -4.48. The van der Waals surface area contributed by atoms with E-state index in [0.29, 0.717) is 16.7 Å². The molecule has 1 aliphatic rings. The Morgan fingerprint density at radius 1 is 0.921 bits per heavy atom. The third-order valence-electron chi connectivity index (χ3n) is 6.39. The van der Waals surface area contributed by atoms with E-state index in [4.69, 9.17) is 0 Å². The number of halogens is 3. The van der Waals surface area contributed by atoms with Crippen LogP contribution in [-0.2, 0) is 32.3 Å². The third kappa shape index (κ3) is 5.89. The molecule has 1 heterocycles. The second kappa shape index (κ2) is 11.0. The molecule has 0 saturated carbocycles. The number of alkyl halides is 3. The van der Waals surface area contributed by atoms with Crippen molar-refractivity contribution in [2.45, 2.75) is 30.6 Å². The van der Waals surface area contributed by atoms with Crippen LogP contribution in [0.2, 0.25) is 0 Å². The molecule has 0 radical (unpaired) electrons. The average Bonchev–Trinajstić information content (AvgIpc) is 2.91. The van der Waals surface area contributed by atoms with E-state index in [1.165, 1.54) is 30.0 Å². The molecule has 1 N–H and O–H groups in total. The summed E-state index contributed by atoms with van der Waals surface area (Å²) in [7, 11) is -4.18. The van der Waals surface area contributed by atoms with Crippen LogP contribution in [0.25, 0.3) is 11.1 Å². The summed E-state index contributed by atoms with van der Waals surface area (Å²) in [5, 5.41) is 2.62. The Balaban J connectivity index is 1.61. The SMILES string of the molecule is CC(=O)N1CCN(S(=O)(=O)c2ccccc2-c2ccccc2)C(C(=O)NCc2ccc(C(F)(F)F)cc2)C1. The van der Waals surface area contributed by atoms with Gasteiger partial charge in [0, 0.05) is 38.7 Å². The summed E-state index contributed by atoms with van der Waals surface area (Å²) >= 11 is 0. The van der Waals surface area contributed by atoms with Gasteiger partial charge in [-0.2, -0.15) is 17.5 Å². The Morgan fingerprint density at radius 3 is 2.18 bits per heavy atom. The second-order valence-corrected chi connectivity index (χ2v) is 10.7. The van der Waals surface area contributed by atoms with Gasteiger partial charge < -0.3 is 10.2 Å². The smallest absolute Gasteiger partial charge is 0.351 e. The number of nitrogens with zero attached hydrogens (tertiary/aromatic N) is 2. The highest BCUT2D eigenvalue weighted by molar-refractivity contribution is 7.89. The minimum Gasteiger partial charge on any atom is -0.351 e. The van der Waals surface area contributed by atoms with Gasteiger partial charge in [-0.15, -0.1) is 0 Å². The molecule has 1 fully saturated rings. The molecule has 0 bridgehead atoms. The summed E-state index contributed by atoms with van der Waals surface area (Å²) in [6.45, 7) is 1.10. The van der Waals surface area contributed by atoms with Gasteiger partial charge in [0.25, 0.3) is 0 Å². The Morgan fingerprint density at radius 2 is 1.55 bits per heavy atom. The molecule has 2 amide bonds. The third-order valence-corrected chi connectivity index (χ3v) is 8.35. The summed E-state index contributed by atoms with van der Waals surface area (Å²) < 4.78 is 67.5.